The molecule has 1 aliphatic rings. The van der Waals surface area contributed by atoms with Crippen LogP contribution >= 0.6 is 11.3 Å². The summed E-state index contributed by atoms with van der Waals surface area (Å²) in [5.41, 5.74) is 1.40. The van der Waals surface area contributed by atoms with E-state index in [0.717, 1.165) is 37.0 Å². The number of hydrogen-bond acceptors (Lipinski definition) is 3. The molecule has 0 spiro atoms. The van der Waals surface area contributed by atoms with Crippen LogP contribution in [-0.2, 0) is 12.8 Å². The number of nitrogens with one attached hydrogen (secondary N) is 1. The monoisotopic (exact) mass is 295 g/mol. The van der Waals surface area contributed by atoms with Crippen LogP contribution in [0.2, 0.25) is 0 Å². The topological polar surface area (TPSA) is 49.3 Å². The van der Waals surface area contributed by atoms with E-state index in [1.807, 2.05) is 0 Å². The van der Waals surface area contributed by atoms with Gasteiger partial charge in [0, 0.05) is 18.0 Å². The summed E-state index contributed by atoms with van der Waals surface area (Å²) in [6.07, 6.45) is 6.19. The highest BCUT2D eigenvalue weighted by Crippen LogP contribution is 2.32. The molecule has 0 unspecified atom stereocenters. The Balaban J connectivity index is 1.96. The lowest BCUT2D eigenvalue weighted by Crippen LogP contribution is -2.37. The molecular weight excluding hydrogens is 270 g/mol. The van der Waals surface area contributed by atoms with Gasteiger partial charge in [0.15, 0.2) is 0 Å². The van der Waals surface area contributed by atoms with Crippen LogP contribution in [0.1, 0.15) is 59.6 Å². The van der Waals surface area contributed by atoms with Crippen LogP contribution in [0.15, 0.2) is 6.07 Å². The molecule has 1 aliphatic carbocycles. The molecule has 1 amide bonds. The molecule has 0 saturated heterocycles. The van der Waals surface area contributed by atoms with Crippen LogP contribution in [0.4, 0.5) is 0 Å². The standard InChI is InChI=1S/C16H25NO2S/c1-3-16(4-2,8-9-18)11-17-15(19)14-10-12-6-5-7-13(12)20-14/h10,18H,3-9,11H2,1-2H3,(H,17,19). The zero-order valence-corrected chi connectivity index (χ0v) is 13.3. The number of aliphatic hydroxyl groups excluding tert-OH is 1. The molecule has 0 aliphatic heterocycles. The molecule has 0 bridgehead atoms. The summed E-state index contributed by atoms with van der Waals surface area (Å²) >= 11 is 1.65. The highest BCUT2D eigenvalue weighted by molar-refractivity contribution is 7.14. The van der Waals surface area contributed by atoms with Crippen LogP contribution < -0.4 is 5.32 Å². The fourth-order valence-corrected chi connectivity index (χ4v) is 4.14. The molecule has 20 heavy (non-hydrogen) atoms. The lowest BCUT2D eigenvalue weighted by molar-refractivity contribution is 0.0911. The van der Waals surface area contributed by atoms with Gasteiger partial charge in [0.05, 0.1) is 4.88 Å². The minimum absolute atomic E-state index is 0.0321. The fraction of sp³-hybridized carbons (Fsp3) is 0.688. The van der Waals surface area contributed by atoms with Crippen LogP contribution in [0.25, 0.3) is 0 Å². The summed E-state index contributed by atoms with van der Waals surface area (Å²) in [7, 11) is 0. The van der Waals surface area contributed by atoms with Crippen molar-refractivity contribution >= 4 is 17.2 Å². The van der Waals surface area contributed by atoms with Crippen molar-refractivity contribution in [2.24, 2.45) is 5.41 Å². The van der Waals surface area contributed by atoms with E-state index in [9.17, 15) is 9.90 Å². The Bertz CT molecular complexity index is 442. The molecule has 0 fully saturated rings. The average molecular weight is 295 g/mol. The molecule has 1 aromatic rings. The summed E-state index contributed by atoms with van der Waals surface area (Å²) < 4.78 is 0. The summed E-state index contributed by atoms with van der Waals surface area (Å²) in [6, 6.07) is 2.06. The molecule has 0 aromatic carbocycles. The van der Waals surface area contributed by atoms with Crippen molar-refractivity contribution in [3.8, 4) is 0 Å². The third kappa shape index (κ3) is 3.23. The second kappa shape index (κ2) is 6.72. The number of carbonyl (C=O) groups is 1. The van der Waals surface area contributed by atoms with Crippen molar-refractivity contribution < 1.29 is 9.90 Å². The Morgan fingerprint density at radius 2 is 2.15 bits per heavy atom. The first-order chi connectivity index (χ1) is 9.64. The van der Waals surface area contributed by atoms with E-state index in [1.165, 1.54) is 16.9 Å². The lowest BCUT2D eigenvalue weighted by Gasteiger charge is -2.31. The van der Waals surface area contributed by atoms with Gasteiger partial charge in [-0.1, -0.05) is 13.8 Å². The molecule has 1 aromatic heterocycles. The van der Waals surface area contributed by atoms with Crippen LogP contribution in [0, 0.1) is 5.41 Å². The molecule has 0 radical (unpaired) electrons. The van der Waals surface area contributed by atoms with Crippen molar-refractivity contribution in [1.29, 1.82) is 0 Å². The van der Waals surface area contributed by atoms with E-state index in [0.29, 0.717) is 6.54 Å². The number of amides is 1. The molecule has 3 nitrogen and oxygen atoms in total. The molecule has 112 valence electrons. The predicted molar refractivity (Wildman–Crippen MR) is 83.4 cm³/mol. The number of carbonyl (C=O) groups excluding carboxylic acids is 1. The second-order valence-electron chi connectivity index (χ2n) is 5.78. The molecule has 0 saturated carbocycles. The van der Waals surface area contributed by atoms with Crippen LogP contribution in [-0.4, -0.2) is 24.2 Å². The van der Waals surface area contributed by atoms with Crippen molar-refractivity contribution in [1.82, 2.24) is 5.32 Å². The molecule has 4 heteroatoms. The molecule has 0 atom stereocenters. The van der Waals surface area contributed by atoms with Gasteiger partial charge in [-0.15, -0.1) is 11.3 Å². The van der Waals surface area contributed by atoms with Gasteiger partial charge in [-0.2, -0.15) is 0 Å². The SMILES string of the molecule is CCC(CC)(CCO)CNC(=O)c1cc2c(s1)CCC2. The normalized spacial score (nSPS) is 14.3. The van der Waals surface area contributed by atoms with E-state index in [2.05, 4.69) is 25.2 Å². The second-order valence-corrected chi connectivity index (χ2v) is 6.91. The molecule has 2 rings (SSSR count). The summed E-state index contributed by atoms with van der Waals surface area (Å²) in [5.74, 6) is 0.0496. The highest BCUT2D eigenvalue weighted by atomic mass is 32.1. The third-order valence-electron chi connectivity index (χ3n) is 4.74. The number of rotatable bonds is 7. The van der Waals surface area contributed by atoms with Crippen LogP contribution in [0.3, 0.4) is 0 Å². The number of aliphatic hydroxyl groups is 1. The van der Waals surface area contributed by atoms with E-state index in [1.54, 1.807) is 11.3 Å². The van der Waals surface area contributed by atoms with E-state index in [4.69, 9.17) is 0 Å². The van der Waals surface area contributed by atoms with Crippen molar-refractivity contribution in [2.75, 3.05) is 13.2 Å². The number of aryl methyl sites for hydroxylation is 2. The van der Waals surface area contributed by atoms with Crippen molar-refractivity contribution in [3.63, 3.8) is 0 Å². The van der Waals surface area contributed by atoms with Gasteiger partial charge in [-0.3, -0.25) is 4.79 Å². The highest BCUT2D eigenvalue weighted by Gasteiger charge is 2.27. The van der Waals surface area contributed by atoms with Gasteiger partial charge in [0.25, 0.3) is 5.91 Å². The third-order valence-corrected chi connectivity index (χ3v) is 5.97. The Morgan fingerprint density at radius 3 is 2.75 bits per heavy atom. The number of hydrogen-bond donors (Lipinski definition) is 2. The first kappa shape index (κ1) is 15.5. The van der Waals surface area contributed by atoms with Gasteiger partial charge in [0.2, 0.25) is 0 Å². The molecule has 2 N–H and O–H groups in total. The molecule has 1 heterocycles. The van der Waals surface area contributed by atoms with Crippen molar-refractivity contribution in [2.45, 2.75) is 52.4 Å². The van der Waals surface area contributed by atoms with E-state index >= 15 is 0 Å². The van der Waals surface area contributed by atoms with Gasteiger partial charge in [0.1, 0.15) is 0 Å². The maximum Gasteiger partial charge on any atom is 0.261 e. The summed E-state index contributed by atoms with van der Waals surface area (Å²) in [4.78, 5) is 14.5. The Kier molecular flexibility index (Phi) is 5.22. The maximum absolute atomic E-state index is 12.3. The zero-order chi connectivity index (χ0) is 14.6. The van der Waals surface area contributed by atoms with Gasteiger partial charge in [-0.05, 0) is 55.6 Å². The summed E-state index contributed by atoms with van der Waals surface area (Å²) in [5, 5.41) is 12.3. The largest absolute Gasteiger partial charge is 0.396 e. The minimum atomic E-state index is 0.0321. The molecular formula is C16H25NO2S. The summed E-state index contributed by atoms with van der Waals surface area (Å²) in [6.45, 7) is 5.10. The first-order valence-electron chi connectivity index (χ1n) is 7.65. The minimum Gasteiger partial charge on any atom is -0.396 e. The predicted octanol–water partition coefficient (Wildman–Crippen LogP) is 3.16. The smallest absolute Gasteiger partial charge is 0.261 e. The van der Waals surface area contributed by atoms with Crippen LogP contribution in [0.5, 0.6) is 0 Å². The van der Waals surface area contributed by atoms with Gasteiger partial charge < -0.3 is 10.4 Å². The maximum atomic E-state index is 12.3. The Hall–Kier alpha value is -0.870. The number of thiophene rings is 1. The Labute approximate surface area is 125 Å². The lowest BCUT2D eigenvalue weighted by atomic mass is 9.79. The quantitative estimate of drug-likeness (QED) is 0.812. The number of fused-ring (bicyclic) bond motifs is 1. The average Bonchev–Trinajstić information content (AvgIpc) is 3.04. The fourth-order valence-electron chi connectivity index (χ4n) is 2.97. The van der Waals surface area contributed by atoms with Crippen molar-refractivity contribution in [3.05, 3.63) is 21.4 Å². The van der Waals surface area contributed by atoms with E-state index < -0.39 is 0 Å². The first-order valence-corrected chi connectivity index (χ1v) is 8.46. The zero-order valence-electron chi connectivity index (χ0n) is 12.5. The van der Waals surface area contributed by atoms with E-state index in [-0.39, 0.29) is 17.9 Å². The van der Waals surface area contributed by atoms with Gasteiger partial charge >= 0.3 is 0 Å². The van der Waals surface area contributed by atoms with Gasteiger partial charge in [-0.25, -0.2) is 0 Å². The Morgan fingerprint density at radius 1 is 1.40 bits per heavy atom.